The summed E-state index contributed by atoms with van der Waals surface area (Å²) in [7, 11) is 1.55. The Hall–Kier alpha value is -3.48. The van der Waals surface area contributed by atoms with E-state index < -0.39 is 6.09 Å². The molecule has 3 amide bonds. The van der Waals surface area contributed by atoms with E-state index in [2.05, 4.69) is 10.6 Å². The van der Waals surface area contributed by atoms with Crippen molar-refractivity contribution in [1.29, 1.82) is 0 Å². The Kier molecular flexibility index (Phi) is 4.79. The first-order valence-corrected chi connectivity index (χ1v) is 7.99. The third kappa shape index (κ3) is 3.77. The van der Waals surface area contributed by atoms with Gasteiger partial charge in [-0.3, -0.25) is 4.90 Å². The standard InChI is InChI=1S/C19H19N3O4/c1-12-3-6-17(26-2)16(9-12)21-18(23)20-15-5-4-14-11-22(19(24)25)8-7-13(14)10-15/h3-10H,11H2,1-2H3,(H,24,25)(H2,20,21,23). The molecule has 0 saturated carbocycles. The number of aryl methyl sites for hydroxylation is 1. The quantitative estimate of drug-likeness (QED) is 0.774. The number of urea groups is 1. The van der Waals surface area contributed by atoms with Gasteiger partial charge in [-0.2, -0.15) is 0 Å². The van der Waals surface area contributed by atoms with Gasteiger partial charge in [-0.1, -0.05) is 12.1 Å². The van der Waals surface area contributed by atoms with Crippen LogP contribution in [-0.4, -0.2) is 29.2 Å². The zero-order chi connectivity index (χ0) is 18.7. The molecule has 134 valence electrons. The zero-order valence-electron chi connectivity index (χ0n) is 14.4. The molecular formula is C19H19N3O4. The maximum absolute atomic E-state index is 12.3. The number of anilines is 2. The lowest BCUT2D eigenvalue weighted by molar-refractivity contribution is 0.161. The number of hydrogen-bond donors (Lipinski definition) is 3. The minimum atomic E-state index is -0.999. The molecule has 0 aliphatic carbocycles. The van der Waals surface area contributed by atoms with Crippen LogP contribution in [0.2, 0.25) is 0 Å². The van der Waals surface area contributed by atoms with Crippen LogP contribution >= 0.6 is 0 Å². The molecule has 0 spiro atoms. The Morgan fingerprint density at radius 1 is 1.15 bits per heavy atom. The molecule has 3 rings (SSSR count). The molecule has 1 heterocycles. The van der Waals surface area contributed by atoms with Crippen LogP contribution in [0.25, 0.3) is 6.08 Å². The lowest BCUT2D eigenvalue weighted by Gasteiger charge is -2.21. The third-order valence-electron chi connectivity index (χ3n) is 4.03. The van der Waals surface area contributed by atoms with Crippen molar-refractivity contribution in [3.8, 4) is 5.75 Å². The van der Waals surface area contributed by atoms with Gasteiger partial charge >= 0.3 is 12.1 Å². The highest BCUT2D eigenvalue weighted by molar-refractivity contribution is 6.01. The van der Waals surface area contributed by atoms with E-state index in [0.717, 1.165) is 16.7 Å². The second-order valence-electron chi connectivity index (χ2n) is 5.92. The summed E-state index contributed by atoms with van der Waals surface area (Å²) in [6.07, 6.45) is 2.21. The lowest BCUT2D eigenvalue weighted by Crippen LogP contribution is -2.25. The van der Waals surface area contributed by atoms with Gasteiger partial charge in [-0.05, 0) is 54.0 Å². The van der Waals surface area contributed by atoms with Crippen LogP contribution in [0, 0.1) is 6.92 Å². The summed E-state index contributed by atoms with van der Waals surface area (Å²) in [6, 6.07) is 10.5. The Morgan fingerprint density at radius 3 is 2.69 bits per heavy atom. The van der Waals surface area contributed by atoms with Crippen molar-refractivity contribution in [2.24, 2.45) is 0 Å². The van der Waals surface area contributed by atoms with E-state index in [4.69, 9.17) is 9.84 Å². The van der Waals surface area contributed by atoms with Crippen LogP contribution in [0.5, 0.6) is 5.75 Å². The molecule has 0 aromatic heterocycles. The summed E-state index contributed by atoms with van der Waals surface area (Å²) in [5, 5.41) is 14.6. The predicted octanol–water partition coefficient (Wildman–Crippen LogP) is 4.11. The first-order valence-electron chi connectivity index (χ1n) is 7.99. The number of hydrogen-bond acceptors (Lipinski definition) is 3. The average molecular weight is 353 g/mol. The number of carbonyl (C=O) groups is 2. The molecule has 0 unspecified atom stereocenters. The van der Waals surface area contributed by atoms with Crippen molar-refractivity contribution in [3.05, 3.63) is 59.3 Å². The number of nitrogens with zero attached hydrogens (tertiary/aromatic N) is 1. The second kappa shape index (κ2) is 7.18. The van der Waals surface area contributed by atoms with E-state index in [-0.39, 0.29) is 12.6 Å². The Labute approximate surface area is 150 Å². The van der Waals surface area contributed by atoms with Gasteiger partial charge in [-0.25, -0.2) is 9.59 Å². The van der Waals surface area contributed by atoms with Crippen LogP contribution in [0.1, 0.15) is 16.7 Å². The Balaban J connectivity index is 1.71. The van der Waals surface area contributed by atoms with Gasteiger partial charge < -0.3 is 20.5 Å². The lowest BCUT2D eigenvalue weighted by atomic mass is 10.0. The maximum atomic E-state index is 12.3. The van der Waals surface area contributed by atoms with E-state index in [1.54, 1.807) is 37.5 Å². The number of carbonyl (C=O) groups excluding carboxylic acids is 1. The summed E-state index contributed by atoms with van der Waals surface area (Å²) in [5.74, 6) is 0.577. The highest BCUT2D eigenvalue weighted by Crippen LogP contribution is 2.26. The number of rotatable bonds is 3. The number of nitrogens with one attached hydrogen (secondary N) is 2. The number of ether oxygens (including phenoxy) is 1. The predicted molar refractivity (Wildman–Crippen MR) is 99.4 cm³/mol. The van der Waals surface area contributed by atoms with Gasteiger partial charge in [-0.15, -0.1) is 0 Å². The Bertz CT molecular complexity index is 892. The van der Waals surface area contributed by atoms with Crippen molar-refractivity contribution in [3.63, 3.8) is 0 Å². The summed E-state index contributed by atoms with van der Waals surface area (Å²) in [5.41, 5.74) is 3.94. The van der Waals surface area contributed by atoms with Gasteiger partial charge in [0.25, 0.3) is 0 Å². The second-order valence-corrected chi connectivity index (χ2v) is 5.92. The third-order valence-corrected chi connectivity index (χ3v) is 4.03. The summed E-state index contributed by atoms with van der Waals surface area (Å²) < 4.78 is 5.25. The average Bonchev–Trinajstić information content (AvgIpc) is 2.61. The van der Waals surface area contributed by atoms with Crippen molar-refractivity contribution >= 4 is 29.6 Å². The van der Waals surface area contributed by atoms with Crippen LogP contribution < -0.4 is 15.4 Å². The van der Waals surface area contributed by atoms with Crippen LogP contribution in [0.4, 0.5) is 21.0 Å². The smallest absolute Gasteiger partial charge is 0.411 e. The molecule has 26 heavy (non-hydrogen) atoms. The molecule has 0 bridgehead atoms. The first kappa shape index (κ1) is 17.3. The van der Waals surface area contributed by atoms with Crippen LogP contribution in [-0.2, 0) is 6.54 Å². The minimum Gasteiger partial charge on any atom is -0.495 e. The highest BCUT2D eigenvalue weighted by atomic mass is 16.5. The molecule has 0 saturated heterocycles. The molecule has 7 nitrogen and oxygen atoms in total. The van der Waals surface area contributed by atoms with Crippen LogP contribution in [0.15, 0.2) is 42.6 Å². The van der Waals surface area contributed by atoms with Crippen molar-refractivity contribution in [1.82, 2.24) is 4.90 Å². The van der Waals surface area contributed by atoms with Gasteiger partial charge in [0.2, 0.25) is 0 Å². The summed E-state index contributed by atoms with van der Waals surface area (Å²) >= 11 is 0. The number of benzene rings is 2. The first-order chi connectivity index (χ1) is 12.5. The van der Waals surface area contributed by atoms with Crippen molar-refractivity contribution in [2.45, 2.75) is 13.5 Å². The fraction of sp³-hybridized carbons (Fsp3) is 0.158. The molecule has 1 aliphatic rings. The summed E-state index contributed by atoms with van der Waals surface area (Å²) in [6.45, 7) is 2.22. The maximum Gasteiger partial charge on any atom is 0.411 e. The van der Waals surface area contributed by atoms with E-state index in [1.165, 1.54) is 11.1 Å². The summed E-state index contributed by atoms with van der Waals surface area (Å²) in [4.78, 5) is 24.5. The van der Waals surface area contributed by atoms with Gasteiger partial charge in [0.1, 0.15) is 5.75 Å². The largest absolute Gasteiger partial charge is 0.495 e. The number of amides is 3. The molecule has 1 aliphatic heterocycles. The van der Waals surface area contributed by atoms with E-state index in [1.807, 2.05) is 19.1 Å². The van der Waals surface area contributed by atoms with E-state index in [0.29, 0.717) is 17.1 Å². The van der Waals surface area contributed by atoms with Crippen LogP contribution in [0.3, 0.4) is 0 Å². The number of carboxylic acid groups (broad SMARTS) is 1. The molecule has 2 aromatic carbocycles. The van der Waals surface area contributed by atoms with E-state index >= 15 is 0 Å². The monoisotopic (exact) mass is 353 g/mol. The zero-order valence-corrected chi connectivity index (χ0v) is 14.4. The molecule has 7 heteroatoms. The fourth-order valence-corrected chi connectivity index (χ4v) is 2.71. The number of methoxy groups -OCH3 is 1. The fourth-order valence-electron chi connectivity index (χ4n) is 2.71. The topological polar surface area (TPSA) is 90.9 Å². The minimum absolute atomic E-state index is 0.286. The number of fused-ring (bicyclic) bond motifs is 1. The highest BCUT2D eigenvalue weighted by Gasteiger charge is 2.16. The van der Waals surface area contributed by atoms with E-state index in [9.17, 15) is 9.59 Å². The van der Waals surface area contributed by atoms with Gasteiger partial charge in [0.05, 0.1) is 19.3 Å². The molecule has 2 aromatic rings. The normalized spacial score (nSPS) is 12.3. The van der Waals surface area contributed by atoms with Gasteiger partial charge in [0.15, 0.2) is 0 Å². The van der Waals surface area contributed by atoms with Gasteiger partial charge in [0, 0.05) is 11.9 Å². The molecule has 0 fully saturated rings. The molecular weight excluding hydrogens is 334 g/mol. The Morgan fingerprint density at radius 2 is 1.96 bits per heavy atom. The SMILES string of the molecule is COc1ccc(C)cc1NC(=O)Nc1ccc2c(c1)C=CN(C(=O)O)C2. The van der Waals surface area contributed by atoms with Crippen molar-refractivity contribution < 1.29 is 19.4 Å². The van der Waals surface area contributed by atoms with Crippen molar-refractivity contribution in [2.75, 3.05) is 17.7 Å². The molecule has 0 atom stereocenters. The molecule has 0 radical (unpaired) electrons. The molecule has 3 N–H and O–H groups in total.